The van der Waals surface area contributed by atoms with Gasteiger partial charge in [0, 0.05) is 11.1 Å². The molecule has 204 valence electrons. The Balaban J connectivity index is 1.33. The van der Waals surface area contributed by atoms with E-state index in [0.717, 1.165) is 12.8 Å². The number of rotatable bonds is 11. The summed E-state index contributed by atoms with van der Waals surface area (Å²) in [6.07, 6.45) is 4.29. The molecule has 38 heavy (non-hydrogen) atoms. The van der Waals surface area contributed by atoms with Crippen molar-refractivity contribution in [2.75, 3.05) is 13.2 Å². The number of halogens is 4. The first-order chi connectivity index (χ1) is 18.4. The highest BCUT2D eigenvalue weighted by atomic mass is 19.2. The van der Waals surface area contributed by atoms with Crippen molar-refractivity contribution in [1.82, 2.24) is 0 Å². The molecule has 7 heteroatoms. The molecule has 0 N–H and O–H groups in total. The Bertz CT molecular complexity index is 1200. The van der Waals surface area contributed by atoms with Crippen molar-refractivity contribution in [3.8, 4) is 22.6 Å². The molecule has 3 aromatic rings. The highest BCUT2D eigenvalue weighted by Gasteiger charge is 2.27. The maximum atomic E-state index is 14.9. The zero-order chi connectivity index (χ0) is 27.1. The van der Waals surface area contributed by atoms with Crippen molar-refractivity contribution < 1.29 is 31.8 Å². The molecule has 0 spiro atoms. The van der Waals surface area contributed by atoms with Crippen molar-refractivity contribution in [2.24, 2.45) is 0 Å². The van der Waals surface area contributed by atoms with Crippen LogP contribution < -0.4 is 9.47 Å². The number of hydrogen-bond acceptors (Lipinski definition) is 3. The van der Waals surface area contributed by atoms with Crippen LogP contribution in [-0.4, -0.2) is 19.3 Å². The third-order valence-corrected chi connectivity index (χ3v) is 7.06. The molecule has 1 aliphatic carbocycles. The van der Waals surface area contributed by atoms with E-state index in [1.165, 1.54) is 6.07 Å². The molecule has 3 nitrogen and oxygen atoms in total. The van der Waals surface area contributed by atoms with Gasteiger partial charge in [-0.3, -0.25) is 0 Å². The SMILES string of the molecule is CCCCOc1ccc(-c2ccc(COC3CCC(c4ccc(OCC)c(F)c4F)CC3)c(F)c2F)cc1. The summed E-state index contributed by atoms with van der Waals surface area (Å²) < 4.78 is 75.3. The second-order valence-electron chi connectivity index (χ2n) is 9.63. The summed E-state index contributed by atoms with van der Waals surface area (Å²) in [5.74, 6) is -3.18. The molecule has 3 aromatic carbocycles. The lowest BCUT2D eigenvalue weighted by atomic mass is 9.82. The monoisotopic (exact) mass is 530 g/mol. The molecule has 0 unspecified atom stereocenters. The van der Waals surface area contributed by atoms with Crippen LogP contribution in [0, 0.1) is 23.3 Å². The van der Waals surface area contributed by atoms with Gasteiger partial charge in [-0.05, 0) is 74.3 Å². The average Bonchev–Trinajstić information content (AvgIpc) is 2.93. The topological polar surface area (TPSA) is 27.7 Å². The van der Waals surface area contributed by atoms with Crippen LogP contribution >= 0.6 is 0 Å². The highest BCUT2D eigenvalue weighted by molar-refractivity contribution is 5.65. The van der Waals surface area contributed by atoms with Gasteiger partial charge < -0.3 is 14.2 Å². The van der Waals surface area contributed by atoms with Crippen LogP contribution in [0.2, 0.25) is 0 Å². The lowest BCUT2D eigenvalue weighted by Crippen LogP contribution is -2.21. The summed E-state index contributed by atoms with van der Waals surface area (Å²) in [4.78, 5) is 0. The summed E-state index contributed by atoms with van der Waals surface area (Å²) in [5, 5.41) is 0. The third kappa shape index (κ3) is 6.49. The maximum absolute atomic E-state index is 14.9. The third-order valence-electron chi connectivity index (χ3n) is 7.06. The molecule has 1 saturated carbocycles. The molecule has 0 atom stereocenters. The van der Waals surface area contributed by atoms with E-state index in [1.54, 1.807) is 49.4 Å². The molecule has 0 saturated heterocycles. The largest absolute Gasteiger partial charge is 0.494 e. The summed E-state index contributed by atoms with van der Waals surface area (Å²) in [7, 11) is 0. The lowest BCUT2D eigenvalue weighted by Gasteiger charge is -2.29. The minimum absolute atomic E-state index is 0.0609. The first-order valence-corrected chi connectivity index (χ1v) is 13.3. The zero-order valence-corrected chi connectivity index (χ0v) is 21.9. The summed E-state index contributed by atoms with van der Waals surface area (Å²) in [6, 6.07) is 13.1. The van der Waals surface area contributed by atoms with Gasteiger partial charge in [-0.15, -0.1) is 0 Å². The van der Waals surface area contributed by atoms with Crippen molar-refractivity contribution in [3.05, 3.63) is 82.9 Å². The Morgan fingerprint density at radius 2 is 1.47 bits per heavy atom. The van der Waals surface area contributed by atoms with Crippen molar-refractivity contribution in [2.45, 2.75) is 71.0 Å². The fourth-order valence-electron chi connectivity index (χ4n) is 4.87. The van der Waals surface area contributed by atoms with Crippen LogP contribution in [0.25, 0.3) is 11.1 Å². The van der Waals surface area contributed by atoms with E-state index < -0.39 is 23.3 Å². The van der Waals surface area contributed by atoms with Gasteiger partial charge in [-0.2, -0.15) is 4.39 Å². The molecular formula is C31H34F4O3. The van der Waals surface area contributed by atoms with Crippen LogP contribution in [0.1, 0.15) is 69.4 Å². The van der Waals surface area contributed by atoms with Gasteiger partial charge in [-0.25, -0.2) is 13.2 Å². The second kappa shape index (κ2) is 13.1. The van der Waals surface area contributed by atoms with Gasteiger partial charge in [0.15, 0.2) is 23.2 Å². The van der Waals surface area contributed by atoms with Gasteiger partial charge in [0.25, 0.3) is 0 Å². The van der Waals surface area contributed by atoms with Crippen LogP contribution in [0.5, 0.6) is 11.5 Å². The highest BCUT2D eigenvalue weighted by Crippen LogP contribution is 2.38. The Labute approximate surface area is 221 Å². The van der Waals surface area contributed by atoms with Crippen LogP contribution in [0.4, 0.5) is 17.6 Å². The molecule has 1 fully saturated rings. The maximum Gasteiger partial charge on any atom is 0.200 e. The Hall–Kier alpha value is -3.06. The number of ether oxygens (including phenoxy) is 3. The summed E-state index contributed by atoms with van der Waals surface area (Å²) in [6.45, 7) is 4.61. The van der Waals surface area contributed by atoms with E-state index in [1.807, 2.05) is 0 Å². The van der Waals surface area contributed by atoms with Crippen LogP contribution in [0.3, 0.4) is 0 Å². The predicted molar refractivity (Wildman–Crippen MR) is 140 cm³/mol. The van der Waals surface area contributed by atoms with E-state index >= 15 is 0 Å². The Morgan fingerprint density at radius 1 is 0.737 bits per heavy atom. The van der Waals surface area contributed by atoms with Crippen LogP contribution in [-0.2, 0) is 11.3 Å². The van der Waals surface area contributed by atoms with E-state index in [4.69, 9.17) is 14.2 Å². The smallest absolute Gasteiger partial charge is 0.200 e. The summed E-state index contributed by atoms with van der Waals surface area (Å²) in [5.41, 5.74) is 1.23. The Kier molecular flexibility index (Phi) is 9.67. The van der Waals surface area contributed by atoms with Crippen LogP contribution in [0.15, 0.2) is 48.5 Å². The Morgan fingerprint density at radius 3 is 2.16 bits per heavy atom. The molecule has 4 rings (SSSR count). The zero-order valence-electron chi connectivity index (χ0n) is 21.9. The molecule has 0 aliphatic heterocycles. The molecule has 0 heterocycles. The first kappa shape index (κ1) is 28.0. The molecule has 1 aliphatic rings. The van der Waals surface area contributed by atoms with E-state index in [9.17, 15) is 17.6 Å². The normalized spacial score (nSPS) is 17.4. The van der Waals surface area contributed by atoms with E-state index in [0.29, 0.717) is 49.2 Å². The standard InChI is InChI=1S/C31H34F4O3/c1-3-5-18-37-23-11-6-20(7-12-23)25-15-10-22(28(32)29(25)33)19-38-24-13-8-21(9-14-24)26-16-17-27(36-4-2)31(35)30(26)34/h6-7,10-12,15-17,21,24H,3-5,8-9,13-14,18-19H2,1-2H3. The van der Waals surface area contributed by atoms with Gasteiger partial charge in [0.2, 0.25) is 5.82 Å². The van der Waals surface area contributed by atoms with Crippen molar-refractivity contribution in [1.29, 1.82) is 0 Å². The summed E-state index contributed by atoms with van der Waals surface area (Å²) >= 11 is 0. The number of unbranched alkanes of at least 4 members (excludes halogenated alkanes) is 1. The molecule has 0 aromatic heterocycles. The number of hydrogen-bond donors (Lipinski definition) is 0. The minimum Gasteiger partial charge on any atom is -0.494 e. The average molecular weight is 531 g/mol. The van der Waals surface area contributed by atoms with Gasteiger partial charge in [-0.1, -0.05) is 43.7 Å². The number of benzene rings is 3. The van der Waals surface area contributed by atoms with E-state index in [2.05, 4.69) is 6.92 Å². The van der Waals surface area contributed by atoms with Crippen molar-refractivity contribution >= 4 is 0 Å². The van der Waals surface area contributed by atoms with Gasteiger partial charge in [0.05, 0.1) is 25.9 Å². The predicted octanol–water partition coefficient (Wildman–Crippen LogP) is 8.73. The fourth-order valence-corrected chi connectivity index (χ4v) is 4.87. The molecule has 0 amide bonds. The van der Waals surface area contributed by atoms with Gasteiger partial charge in [0.1, 0.15) is 5.75 Å². The molecule has 0 radical (unpaired) electrons. The quantitative estimate of drug-likeness (QED) is 0.183. The lowest BCUT2D eigenvalue weighted by molar-refractivity contribution is 0.0116. The fraction of sp³-hybridized carbons (Fsp3) is 0.419. The minimum atomic E-state index is -0.958. The first-order valence-electron chi connectivity index (χ1n) is 13.3. The second-order valence-corrected chi connectivity index (χ2v) is 9.63. The molecule has 0 bridgehead atoms. The van der Waals surface area contributed by atoms with Gasteiger partial charge >= 0.3 is 0 Å². The van der Waals surface area contributed by atoms with Crippen molar-refractivity contribution in [3.63, 3.8) is 0 Å². The molecular weight excluding hydrogens is 496 g/mol. The van der Waals surface area contributed by atoms with E-state index in [-0.39, 0.29) is 42.1 Å².